The van der Waals surface area contributed by atoms with Gasteiger partial charge in [0.1, 0.15) is 0 Å². The minimum absolute atomic E-state index is 0.0266. The number of thioether (sulfide) groups is 1. The Morgan fingerprint density at radius 1 is 0.912 bits per heavy atom. The normalized spacial score (nSPS) is 33.2. The lowest BCUT2D eigenvalue weighted by atomic mass is 9.67. The first-order valence-electron chi connectivity index (χ1n) is 11.8. The Labute approximate surface area is 205 Å². The van der Waals surface area contributed by atoms with Gasteiger partial charge in [0.25, 0.3) is 0 Å². The van der Waals surface area contributed by atoms with Crippen LogP contribution in [0.2, 0.25) is 0 Å². The van der Waals surface area contributed by atoms with Crippen molar-refractivity contribution in [1.29, 1.82) is 0 Å². The van der Waals surface area contributed by atoms with Gasteiger partial charge in [-0.2, -0.15) is 0 Å². The van der Waals surface area contributed by atoms with E-state index in [2.05, 4.69) is 30.1 Å². The molecule has 3 heterocycles. The number of thiazole rings is 1. The molecule has 34 heavy (non-hydrogen) atoms. The molecule has 2 aliphatic heterocycles. The number of carbonyl (C=O) groups is 2. The monoisotopic (exact) mass is 488 g/mol. The van der Waals surface area contributed by atoms with Crippen LogP contribution < -0.4 is 9.77 Å². The van der Waals surface area contributed by atoms with E-state index in [0.717, 1.165) is 21.9 Å². The molecule has 4 aliphatic rings. The van der Waals surface area contributed by atoms with Gasteiger partial charge in [-0.3, -0.25) is 19.3 Å². The summed E-state index contributed by atoms with van der Waals surface area (Å²) in [7, 11) is 0. The van der Waals surface area contributed by atoms with Crippen LogP contribution in [0.15, 0.2) is 58.4 Å². The topological polar surface area (TPSA) is 70.2 Å². The smallest absolute Gasteiger partial charge is 0.305 e. The molecule has 2 aliphatic carbocycles. The first-order valence-corrected chi connectivity index (χ1v) is 13.5. The van der Waals surface area contributed by atoms with Crippen LogP contribution in [0.3, 0.4) is 0 Å². The van der Waals surface area contributed by atoms with E-state index in [1.807, 2.05) is 37.3 Å². The highest BCUT2D eigenvalue weighted by Crippen LogP contribution is 2.68. The Kier molecular flexibility index (Phi) is 4.38. The van der Waals surface area contributed by atoms with Crippen molar-refractivity contribution in [2.75, 3.05) is 4.90 Å². The highest BCUT2D eigenvalue weighted by molar-refractivity contribution is 8.00. The molecule has 7 heteroatoms. The van der Waals surface area contributed by atoms with Crippen LogP contribution in [0.1, 0.15) is 33.9 Å². The number of anilines is 1. The molecule has 2 amide bonds. The number of hydrogen-bond donors (Lipinski definition) is 1. The van der Waals surface area contributed by atoms with E-state index >= 15 is 0 Å². The summed E-state index contributed by atoms with van der Waals surface area (Å²) in [5.41, 5.74) is 4.24. The Morgan fingerprint density at radius 2 is 1.62 bits per heavy atom. The molecule has 2 saturated carbocycles. The number of aromatic nitrogens is 1. The molecule has 1 N–H and O–H groups in total. The van der Waals surface area contributed by atoms with Crippen LogP contribution in [-0.4, -0.2) is 22.0 Å². The van der Waals surface area contributed by atoms with Crippen molar-refractivity contribution in [2.45, 2.75) is 36.5 Å². The fourth-order valence-corrected chi connectivity index (χ4v) is 10.1. The Hall–Kier alpha value is -2.64. The number of aryl methyl sites for hydroxylation is 2. The molecular formula is C27H24N2O3S2. The molecule has 3 fully saturated rings. The number of imide groups is 1. The Bertz CT molecular complexity index is 1410. The van der Waals surface area contributed by atoms with E-state index < -0.39 is 0 Å². The number of amides is 2. The zero-order chi connectivity index (χ0) is 23.3. The second kappa shape index (κ2) is 7.18. The molecule has 0 radical (unpaired) electrons. The standard InChI is InChI=1S/C27H24N2O3S2/c1-12-7-9-14(10-8-12)29-25(30)20-16-11-17(21(20)26(29)31)22-19(16)18(15-6-4-3-5-13(15)2)23-24(33-22)28-27(32)34-23/h3-10,16-22H,11H2,1-2H3,(H,28,32)/t16-,17-,18+,19+,20+,21+,22-/m1/s1. The Morgan fingerprint density at radius 3 is 2.35 bits per heavy atom. The van der Waals surface area contributed by atoms with Gasteiger partial charge in [-0.05, 0) is 61.3 Å². The van der Waals surface area contributed by atoms with Crippen molar-refractivity contribution in [3.63, 3.8) is 0 Å². The third-order valence-corrected chi connectivity index (χ3v) is 11.1. The largest absolute Gasteiger partial charge is 0.307 e. The third kappa shape index (κ3) is 2.65. The second-order valence-corrected chi connectivity index (χ2v) is 12.4. The van der Waals surface area contributed by atoms with Crippen LogP contribution in [-0.2, 0) is 9.59 Å². The fraction of sp³-hybridized carbons (Fsp3) is 0.370. The summed E-state index contributed by atoms with van der Waals surface area (Å²) in [5.74, 6) is 0.0363. The molecule has 172 valence electrons. The molecule has 3 aromatic rings. The van der Waals surface area contributed by atoms with Gasteiger partial charge in [0.05, 0.1) is 22.5 Å². The van der Waals surface area contributed by atoms with Crippen LogP contribution in [0, 0.1) is 43.4 Å². The average molecular weight is 489 g/mol. The summed E-state index contributed by atoms with van der Waals surface area (Å²) in [5, 5.41) is 1.18. The van der Waals surface area contributed by atoms with E-state index in [9.17, 15) is 14.4 Å². The molecule has 2 bridgehead atoms. The highest BCUT2D eigenvalue weighted by Gasteiger charge is 2.69. The minimum atomic E-state index is -0.260. The van der Waals surface area contributed by atoms with Gasteiger partial charge in [-0.15, -0.1) is 11.8 Å². The van der Waals surface area contributed by atoms with Crippen molar-refractivity contribution in [2.24, 2.45) is 29.6 Å². The lowest BCUT2D eigenvalue weighted by Crippen LogP contribution is -2.42. The number of H-pyrrole nitrogens is 1. The molecular weight excluding hydrogens is 464 g/mol. The minimum Gasteiger partial charge on any atom is -0.307 e. The van der Waals surface area contributed by atoms with Crippen LogP contribution in [0.5, 0.6) is 0 Å². The zero-order valence-corrected chi connectivity index (χ0v) is 20.5. The third-order valence-electron chi connectivity index (χ3n) is 8.54. The number of hydrogen-bond acceptors (Lipinski definition) is 5. The maximum Gasteiger partial charge on any atom is 0.305 e. The summed E-state index contributed by atoms with van der Waals surface area (Å²) in [4.78, 5) is 45.4. The van der Waals surface area contributed by atoms with Gasteiger partial charge in [-0.25, -0.2) is 0 Å². The summed E-state index contributed by atoms with van der Waals surface area (Å²) >= 11 is 3.05. The Balaban J connectivity index is 1.34. The van der Waals surface area contributed by atoms with E-state index in [1.165, 1.54) is 27.4 Å². The van der Waals surface area contributed by atoms with Gasteiger partial charge in [0.2, 0.25) is 11.8 Å². The maximum atomic E-state index is 13.8. The molecule has 0 unspecified atom stereocenters. The number of benzene rings is 2. The fourth-order valence-electron chi connectivity index (χ4n) is 7.25. The van der Waals surface area contributed by atoms with Crippen molar-refractivity contribution in [1.82, 2.24) is 4.98 Å². The highest BCUT2D eigenvalue weighted by atomic mass is 32.2. The van der Waals surface area contributed by atoms with Gasteiger partial charge < -0.3 is 4.98 Å². The molecule has 2 aromatic carbocycles. The second-order valence-electron chi connectivity index (χ2n) is 10.2. The number of rotatable bonds is 2. The van der Waals surface area contributed by atoms with Crippen LogP contribution in [0.4, 0.5) is 5.69 Å². The number of fused-ring (bicyclic) bond motifs is 9. The number of aromatic amines is 1. The average Bonchev–Trinajstić information content (AvgIpc) is 3.54. The molecule has 5 nitrogen and oxygen atoms in total. The summed E-state index contributed by atoms with van der Waals surface area (Å²) < 4.78 is 0. The lowest BCUT2D eigenvalue weighted by molar-refractivity contribution is -0.123. The van der Waals surface area contributed by atoms with E-state index in [0.29, 0.717) is 5.69 Å². The van der Waals surface area contributed by atoms with E-state index in [1.54, 1.807) is 11.8 Å². The van der Waals surface area contributed by atoms with Gasteiger partial charge in [0.15, 0.2) is 0 Å². The van der Waals surface area contributed by atoms with Crippen molar-refractivity contribution >= 4 is 40.6 Å². The van der Waals surface area contributed by atoms with Crippen molar-refractivity contribution < 1.29 is 9.59 Å². The number of carbonyl (C=O) groups excluding carboxylic acids is 2. The maximum absolute atomic E-state index is 13.8. The van der Waals surface area contributed by atoms with E-state index in [4.69, 9.17) is 0 Å². The predicted molar refractivity (Wildman–Crippen MR) is 133 cm³/mol. The van der Waals surface area contributed by atoms with E-state index in [-0.39, 0.29) is 57.4 Å². The zero-order valence-electron chi connectivity index (χ0n) is 18.9. The van der Waals surface area contributed by atoms with Crippen LogP contribution in [0.25, 0.3) is 0 Å². The predicted octanol–water partition coefficient (Wildman–Crippen LogP) is 4.73. The molecule has 1 aromatic heterocycles. The lowest BCUT2D eigenvalue weighted by Gasteiger charge is -2.43. The molecule has 1 saturated heterocycles. The summed E-state index contributed by atoms with van der Waals surface area (Å²) in [6, 6.07) is 16.1. The molecule has 0 spiro atoms. The van der Waals surface area contributed by atoms with Gasteiger partial charge in [0, 0.05) is 16.0 Å². The summed E-state index contributed by atoms with van der Waals surface area (Å²) in [6.07, 6.45) is 0.915. The SMILES string of the molecule is Cc1ccc(N2C(=O)[C@H]3[C@H]4C[C@@H]([C@@H]3C2=O)[C@H]2[C@H](c3ccccc3C)c3sc(=O)[nH]c3S[C@H]42)cc1. The summed E-state index contributed by atoms with van der Waals surface area (Å²) in [6.45, 7) is 4.13. The van der Waals surface area contributed by atoms with Crippen molar-refractivity contribution in [3.05, 3.63) is 79.8 Å². The van der Waals surface area contributed by atoms with Gasteiger partial charge >= 0.3 is 4.87 Å². The number of nitrogens with zero attached hydrogens (tertiary/aromatic N) is 1. The first-order chi connectivity index (χ1) is 16.4. The van der Waals surface area contributed by atoms with Gasteiger partial charge in [-0.1, -0.05) is 53.3 Å². The van der Waals surface area contributed by atoms with Crippen LogP contribution >= 0.6 is 23.1 Å². The molecule has 7 atom stereocenters. The number of nitrogens with one attached hydrogen (secondary N) is 1. The van der Waals surface area contributed by atoms with Crippen molar-refractivity contribution in [3.8, 4) is 0 Å². The first kappa shape index (κ1) is 20.7. The quantitative estimate of drug-likeness (QED) is 0.530. The molecule has 7 rings (SSSR count).